The molecule has 0 bridgehead atoms. The molecule has 1 N–H and O–H groups in total. The average Bonchev–Trinajstić information content (AvgIpc) is 3.10. The summed E-state index contributed by atoms with van der Waals surface area (Å²) in [5.74, 6) is -0.0374. The van der Waals surface area contributed by atoms with Gasteiger partial charge in [-0.1, -0.05) is 18.2 Å². The van der Waals surface area contributed by atoms with E-state index in [0.717, 1.165) is 24.5 Å². The zero-order valence-corrected chi connectivity index (χ0v) is 13.7. The number of para-hydroxylation sites is 1. The number of nitrogens with zero attached hydrogens (tertiary/aromatic N) is 2. The third-order valence-corrected chi connectivity index (χ3v) is 4.43. The van der Waals surface area contributed by atoms with Crippen molar-refractivity contribution in [2.45, 2.75) is 18.9 Å². The van der Waals surface area contributed by atoms with Crippen molar-refractivity contribution in [2.75, 3.05) is 13.7 Å². The first kappa shape index (κ1) is 16.8. The molecule has 1 atom stereocenters. The van der Waals surface area contributed by atoms with E-state index in [2.05, 4.69) is 0 Å². The van der Waals surface area contributed by atoms with Crippen molar-refractivity contribution < 1.29 is 19.6 Å². The van der Waals surface area contributed by atoms with Crippen LogP contribution in [0.2, 0.25) is 0 Å². The monoisotopic (exact) mass is 342 g/mol. The van der Waals surface area contributed by atoms with Gasteiger partial charge in [-0.05, 0) is 31.0 Å². The first-order valence-corrected chi connectivity index (χ1v) is 7.94. The number of phenolic OH excluding ortho intramolecular Hbond substituents is 1. The lowest BCUT2D eigenvalue weighted by Gasteiger charge is -2.26. The van der Waals surface area contributed by atoms with E-state index in [9.17, 15) is 20.0 Å². The van der Waals surface area contributed by atoms with Crippen molar-refractivity contribution >= 4 is 11.6 Å². The lowest BCUT2D eigenvalue weighted by molar-refractivity contribution is -0.385. The molecule has 1 heterocycles. The zero-order valence-electron chi connectivity index (χ0n) is 13.7. The van der Waals surface area contributed by atoms with E-state index in [1.54, 1.807) is 12.0 Å². The lowest BCUT2D eigenvalue weighted by atomic mass is 10.0. The minimum Gasteiger partial charge on any atom is -0.502 e. The van der Waals surface area contributed by atoms with Gasteiger partial charge in [-0.3, -0.25) is 14.9 Å². The van der Waals surface area contributed by atoms with Gasteiger partial charge in [0.2, 0.25) is 0 Å². The van der Waals surface area contributed by atoms with Crippen LogP contribution in [0.1, 0.15) is 34.8 Å². The fraction of sp³-hybridized carbons (Fsp3) is 0.278. The molecule has 7 nitrogen and oxygen atoms in total. The van der Waals surface area contributed by atoms with Gasteiger partial charge in [0, 0.05) is 23.7 Å². The van der Waals surface area contributed by atoms with E-state index >= 15 is 0 Å². The van der Waals surface area contributed by atoms with Gasteiger partial charge in [-0.2, -0.15) is 0 Å². The SMILES string of the molecule is COc1ccccc1[C@H]1CCCN1C(=O)c1ccc(O)c([N+](=O)[O-])c1. The highest BCUT2D eigenvalue weighted by molar-refractivity contribution is 5.95. The molecule has 2 aromatic rings. The topological polar surface area (TPSA) is 92.9 Å². The molecule has 1 saturated heterocycles. The van der Waals surface area contributed by atoms with Gasteiger partial charge in [0.15, 0.2) is 5.75 Å². The van der Waals surface area contributed by atoms with Gasteiger partial charge in [-0.15, -0.1) is 0 Å². The van der Waals surface area contributed by atoms with Crippen LogP contribution in [0, 0.1) is 10.1 Å². The summed E-state index contributed by atoms with van der Waals surface area (Å²) in [4.78, 5) is 24.9. The third kappa shape index (κ3) is 3.13. The van der Waals surface area contributed by atoms with Crippen LogP contribution in [0.4, 0.5) is 5.69 Å². The molecule has 7 heteroatoms. The number of hydrogen-bond donors (Lipinski definition) is 1. The summed E-state index contributed by atoms with van der Waals surface area (Å²) in [5.41, 5.74) is 0.634. The first-order valence-electron chi connectivity index (χ1n) is 7.94. The highest BCUT2D eigenvalue weighted by Crippen LogP contribution is 2.38. The van der Waals surface area contributed by atoms with Gasteiger partial charge in [0.25, 0.3) is 5.91 Å². The van der Waals surface area contributed by atoms with Crippen LogP contribution in [0.3, 0.4) is 0 Å². The second-order valence-electron chi connectivity index (χ2n) is 5.86. The van der Waals surface area contributed by atoms with Crippen LogP contribution in [0.5, 0.6) is 11.5 Å². The Labute approximate surface area is 144 Å². The second kappa shape index (κ2) is 6.80. The molecular weight excluding hydrogens is 324 g/mol. The van der Waals surface area contributed by atoms with Crippen LogP contribution < -0.4 is 4.74 Å². The Kier molecular flexibility index (Phi) is 4.56. The van der Waals surface area contributed by atoms with E-state index in [-0.39, 0.29) is 17.5 Å². The fourth-order valence-electron chi connectivity index (χ4n) is 3.24. The van der Waals surface area contributed by atoms with E-state index in [4.69, 9.17) is 4.74 Å². The number of phenols is 1. The number of carbonyl (C=O) groups is 1. The molecule has 1 fully saturated rings. The van der Waals surface area contributed by atoms with Crippen LogP contribution in [-0.4, -0.2) is 34.5 Å². The number of methoxy groups -OCH3 is 1. The van der Waals surface area contributed by atoms with Gasteiger partial charge in [-0.25, -0.2) is 0 Å². The minimum absolute atomic E-state index is 0.142. The number of nitro benzene ring substituents is 1. The quantitative estimate of drug-likeness (QED) is 0.680. The summed E-state index contributed by atoms with van der Waals surface area (Å²) >= 11 is 0. The number of nitro groups is 1. The standard InChI is InChI=1S/C18H18N2O5/c1-25-17-7-3-2-5-13(17)14-6-4-10-19(14)18(22)12-8-9-16(21)15(11-12)20(23)24/h2-3,5,7-9,11,14,21H,4,6,10H2,1H3/t14-/m1/s1. The van der Waals surface area contributed by atoms with Crippen molar-refractivity contribution in [3.63, 3.8) is 0 Å². The van der Waals surface area contributed by atoms with Crippen molar-refractivity contribution in [1.29, 1.82) is 0 Å². The highest BCUT2D eigenvalue weighted by Gasteiger charge is 2.33. The van der Waals surface area contributed by atoms with Crippen LogP contribution >= 0.6 is 0 Å². The average molecular weight is 342 g/mol. The Morgan fingerprint density at radius 1 is 1.32 bits per heavy atom. The van der Waals surface area contributed by atoms with Crippen molar-refractivity contribution in [2.24, 2.45) is 0 Å². The maximum atomic E-state index is 12.9. The van der Waals surface area contributed by atoms with Crippen molar-refractivity contribution in [3.8, 4) is 11.5 Å². The molecule has 2 aromatic carbocycles. The molecule has 0 aliphatic carbocycles. The molecule has 0 saturated carbocycles. The van der Waals surface area contributed by atoms with Crippen molar-refractivity contribution in [3.05, 3.63) is 63.7 Å². The zero-order chi connectivity index (χ0) is 18.0. The molecule has 1 amide bonds. The van der Waals surface area contributed by atoms with E-state index < -0.39 is 16.4 Å². The van der Waals surface area contributed by atoms with Crippen LogP contribution in [0.25, 0.3) is 0 Å². The number of aromatic hydroxyl groups is 1. The van der Waals surface area contributed by atoms with Gasteiger partial charge in [0.05, 0.1) is 18.1 Å². The molecule has 0 unspecified atom stereocenters. The highest BCUT2D eigenvalue weighted by atomic mass is 16.6. The largest absolute Gasteiger partial charge is 0.502 e. The number of rotatable bonds is 4. The van der Waals surface area contributed by atoms with Crippen molar-refractivity contribution in [1.82, 2.24) is 4.90 Å². The first-order chi connectivity index (χ1) is 12.0. The Morgan fingerprint density at radius 2 is 2.08 bits per heavy atom. The lowest BCUT2D eigenvalue weighted by Crippen LogP contribution is -2.30. The minimum atomic E-state index is -0.701. The Hall–Kier alpha value is -3.09. The molecule has 25 heavy (non-hydrogen) atoms. The maximum absolute atomic E-state index is 12.9. The molecule has 1 aliphatic heterocycles. The molecule has 0 aromatic heterocycles. The smallest absolute Gasteiger partial charge is 0.311 e. The number of carbonyl (C=O) groups excluding carboxylic acids is 1. The number of ether oxygens (including phenoxy) is 1. The Morgan fingerprint density at radius 3 is 2.80 bits per heavy atom. The van der Waals surface area contributed by atoms with E-state index in [1.807, 2.05) is 24.3 Å². The fourth-order valence-corrected chi connectivity index (χ4v) is 3.24. The summed E-state index contributed by atoms with van der Waals surface area (Å²) in [7, 11) is 1.59. The number of hydrogen-bond acceptors (Lipinski definition) is 5. The number of likely N-dealkylation sites (tertiary alicyclic amines) is 1. The molecule has 3 rings (SSSR count). The van der Waals surface area contributed by atoms with E-state index in [1.165, 1.54) is 12.1 Å². The summed E-state index contributed by atoms with van der Waals surface area (Å²) in [6.45, 7) is 0.566. The third-order valence-electron chi connectivity index (χ3n) is 4.43. The number of benzene rings is 2. The van der Waals surface area contributed by atoms with Gasteiger partial charge < -0.3 is 14.7 Å². The van der Waals surface area contributed by atoms with Crippen LogP contribution in [-0.2, 0) is 0 Å². The normalized spacial score (nSPS) is 16.7. The molecule has 130 valence electrons. The second-order valence-corrected chi connectivity index (χ2v) is 5.86. The summed E-state index contributed by atoms with van der Waals surface area (Å²) < 4.78 is 5.40. The Bertz CT molecular complexity index is 821. The maximum Gasteiger partial charge on any atom is 0.311 e. The summed E-state index contributed by atoms with van der Waals surface area (Å²) in [5, 5.41) is 20.6. The van der Waals surface area contributed by atoms with Crippen LogP contribution in [0.15, 0.2) is 42.5 Å². The van der Waals surface area contributed by atoms with Gasteiger partial charge in [0.1, 0.15) is 5.75 Å². The molecule has 1 aliphatic rings. The molecule has 0 radical (unpaired) electrons. The summed E-state index contributed by atoms with van der Waals surface area (Å²) in [6, 6.07) is 11.1. The van der Waals surface area contributed by atoms with E-state index in [0.29, 0.717) is 12.3 Å². The number of amides is 1. The predicted octanol–water partition coefficient (Wildman–Crippen LogP) is 3.29. The molecule has 0 spiro atoms. The Balaban J connectivity index is 1.94. The van der Waals surface area contributed by atoms with Gasteiger partial charge >= 0.3 is 5.69 Å². The predicted molar refractivity (Wildman–Crippen MR) is 90.8 cm³/mol. The molecular formula is C18H18N2O5. The summed E-state index contributed by atoms with van der Waals surface area (Å²) in [6.07, 6.45) is 1.64.